The van der Waals surface area contributed by atoms with E-state index in [2.05, 4.69) is 21.4 Å². The lowest BCUT2D eigenvalue weighted by Crippen LogP contribution is -2.19. The van der Waals surface area contributed by atoms with Gasteiger partial charge in [0.2, 0.25) is 0 Å². The van der Waals surface area contributed by atoms with Crippen LogP contribution in [-0.2, 0) is 0 Å². The van der Waals surface area contributed by atoms with Crippen molar-refractivity contribution in [2.45, 2.75) is 26.0 Å². The summed E-state index contributed by atoms with van der Waals surface area (Å²) < 4.78 is 5.71. The van der Waals surface area contributed by atoms with Crippen molar-refractivity contribution < 1.29 is 4.74 Å². The molecule has 2 N–H and O–H groups in total. The van der Waals surface area contributed by atoms with E-state index in [9.17, 15) is 0 Å². The Morgan fingerprint density at radius 1 is 1.33 bits per heavy atom. The van der Waals surface area contributed by atoms with Gasteiger partial charge in [-0.3, -0.25) is 0 Å². The molecule has 1 heterocycles. The molecule has 0 amide bonds. The highest BCUT2D eigenvalue weighted by atomic mass is 16.5. The predicted octanol–water partition coefficient (Wildman–Crippen LogP) is 2.51. The van der Waals surface area contributed by atoms with Crippen LogP contribution in [0.1, 0.15) is 31.3 Å². The molecule has 0 spiro atoms. The van der Waals surface area contributed by atoms with Crippen LogP contribution in [0, 0.1) is 0 Å². The van der Waals surface area contributed by atoms with E-state index >= 15 is 0 Å². The average molecular weight is 245 g/mol. The maximum absolute atomic E-state index is 5.71. The van der Waals surface area contributed by atoms with Crippen LogP contribution in [0.5, 0.6) is 5.75 Å². The molecule has 0 saturated heterocycles. The van der Waals surface area contributed by atoms with Crippen LogP contribution in [0.15, 0.2) is 36.7 Å². The fourth-order valence-corrected chi connectivity index (χ4v) is 1.94. The first kappa shape index (κ1) is 12.6. The minimum atomic E-state index is 0.0516. The van der Waals surface area contributed by atoms with Crippen molar-refractivity contribution in [1.82, 2.24) is 15.3 Å². The van der Waals surface area contributed by atoms with E-state index < -0.39 is 0 Å². The maximum atomic E-state index is 5.71. The molecule has 0 aliphatic heterocycles. The number of hydrogen-bond donors (Lipinski definition) is 2. The van der Waals surface area contributed by atoms with Gasteiger partial charge in [0, 0.05) is 12.4 Å². The van der Waals surface area contributed by atoms with Crippen LogP contribution >= 0.6 is 0 Å². The van der Waals surface area contributed by atoms with Gasteiger partial charge in [-0.15, -0.1) is 0 Å². The number of hydrogen-bond acceptors (Lipinski definition) is 3. The molecular weight excluding hydrogens is 226 g/mol. The summed E-state index contributed by atoms with van der Waals surface area (Å²) in [6, 6.07) is 8.13. The van der Waals surface area contributed by atoms with E-state index in [-0.39, 0.29) is 12.1 Å². The molecule has 0 fully saturated rings. The topological polar surface area (TPSA) is 49.9 Å². The molecule has 96 valence electrons. The summed E-state index contributed by atoms with van der Waals surface area (Å²) in [5.74, 6) is 1.79. The maximum Gasteiger partial charge on any atom is 0.127 e. The Hall–Kier alpha value is -1.81. The Morgan fingerprint density at radius 2 is 2.17 bits per heavy atom. The SMILES string of the molecule is CNC(c1cccc(OC(C)C)c1)c1ncc[nH]1. The molecule has 0 bridgehead atoms. The fraction of sp³-hybridized carbons (Fsp3) is 0.357. The van der Waals surface area contributed by atoms with E-state index in [1.54, 1.807) is 6.20 Å². The summed E-state index contributed by atoms with van der Waals surface area (Å²) in [6.07, 6.45) is 3.76. The highest BCUT2D eigenvalue weighted by molar-refractivity contribution is 5.33. The van der Waals surface area contributed by atoms with Crippen molar-refractivity contribution in [2.24, 2.45) is 0 Å². The Labute approximate surface area is 107 Å². The van der Waals surface area contributed by atoms with Gasteiger partial charge in [0.05, 0.1) is 12.1 Å². The quantitative estimate of drug-likeness (QED) is 0.851. The van der Waals surface area contributed by atoms with Crippen molar-refractivity contribution >= 4 is 0 Å². The minimum absolute atomic E-state index is 0.0516. The van der Waals surface area contributed by atoms with Crippen molar-refractivity contribution in [3.8, 4) is 5.75 Å². The largest absolute Gasteiger partial charge is 0.491 e. The lowest BCUT2D eigenvalue weighted by atomic mass is 10.1. The second-order valence-electron chi connectivity index (χ2n) is 4.44. The smallest absolute Gasteiger partial charge is 0.127 e. The number of nitrogens with one attached hydrogen (secondary N) is 2. The Bertz CT molecular complexity index is 480. The van der Waals surface area contributed by atoms with Gasteiger partial charge in [-0.25, -0.2) is 4.98 Å². The summed E-state index contributed by atoms with van der Waals surface area (Å²) in [5, 5.41) is 3.25. The third kappa shape index (κ3) is 2.90. The van der Waals surface area contributed by atoms with Crippen LogP contribution in [-0.4, -0.2) is 23.1 Å². The molecule has 1 unspecified atom stereocenters. The standard InChI is InChI=1S/C14H19N3O/c1-10(2)18-12-6-4-5-11(9-12)13(15-3)14-16-7-8-17-14/h4-10,13,15H,1-3H3,(H,16,17). The second kappa shape index (κ2) is 5.69. The number of H-pyrrole nitrogens is 1. The molecule has 1 atom stereocenters. The van der Waals surface area contributed by atoms with E-state index in [4.69, 9.17) is 4.74 Å². The molecule has 1 aromatic carbocycles. The molecule has 4 nitrogen and oxygen atoms in total. The molecule has 0 saturated carbocycles. The van der Waals surface area contributed by atoms with Gasteiger partial charge in [-0.2, -0.15) is 0 Å². The van der Waals surface area contributed by atoms with Crippen molar-refractivity contribution in [3.63, 3.8) is 0 Å². The number of ether oxygens (including phenoxy) is 1. The zero-order valence-corrected chi connectivity index (χ0v) is 11.0. The molecule has 0 aliphatic carbocycles. The molecule has 0 aliphatic rings. The molecule has 4 heteroatoms. The summed E-state index contributed by atoms with van der Waals surface area (Å²) in [7, 11) is 1.92. The normalized spacial score (nSPS) is 12.7. The van der Waals surface area contributed by atoms with Gasteiger partial charge >= 0.3 is 0 Å². The fourth-order valence-electron chi connectivity index (χ4n) is 1.94. The lowest BCUT2D eigenvalue weighted by molar-refractivity contribution is 0.242. The first-order valence-corrected chi connectivity index (χ1v) is 6.14. The monoisotopic (exact) mass is 245 g/mol. The molecular formula is C14H19N3O. The summed E-state index contributed by atoms with van der Waals surface area (Å²) in [6.45, 7) is 4.05. The number of imidazole rings is 1. The van der Waals surface area contributed by atoms with Gasteiger partial charge in [0.1, 0.15) is 11.6 Å². The third-order valence-corrected chi connectivity index (χ3v) is 2.64. The van der Waals surface area contributed by atoms with Crippen molar-refractivity contribution in [3.05, 3.63) is 48.0 Å². The van der Waals surface area contributed by atoms with Crippen LogP contribution < -0.4 is 10.1 Å². The van der Waals surface area contributed by atoms with Gasteiger partial charge in [0.25, 0.3) is 0 Å². The number of benzene rings is 1. The number of aromatic nitrogens is 2. The molecule has 2 rings (SSSR count). The average Bonchev–Trinajstić information content (AvgIpc) is 2.83. The molecule has 1 aromatic heterocycles. The Kier molecular flexibility index (Phi) is 3.99. The van der Waals surface area contributed by atoms with E-state index in [1.165, 1.54) is 0 Å². The highest BCUT2D eigenvalue weighted by Crippen LogP contribution is 2.23. The van der Waals surface area contributed by atoms with Gasteiger partial charge in [0.15, 0.2) is 0 Å². The predicted molar refractivity (Wildman–Crippen MR) is 71.7 cm³/mol. The first-order valence-electron chi connectivity index (χ1n) is 6.14. The molecule has 18 heavy (non-hydrogen) atoms. The lowest BCUT2D eigenvalue weighted by Gasteiger charge is -2.16. The molecule has 2 aromatic rings. The number of rotatable bonds is 5. The zero-order chi connectivity index (χ0) is 13.0. The van der Waals surface area contributed by atoms with Crippen LogP contribution in [0.25, 0.3) is 0 Å². The zero-order valence-electron chi connectivity index (χ0n) is 11.0. The highest BCUT2D eigenvalue weighted by Gasteiger charge is 2.14. The molecule has 0 radical (unpaired) electrons. The van der Waals surface area contributed by atoms with E-state index in [0.717, 1.165) is 17.1 Å². The van der Waals surface area contributed by atoms with Crippen LogP contribution in [0.3, 0.4) is 0 Å². The van der Waals surface area contributed by atoms with Crippen LogP contribution in [0.2, 0.25) is 0 Å². The summed E-state index contributed by atoms with van der Waals surface area (Å²) >= 11 is 0. The van der Waals surface area contributed by atoms with Gasteiger partial charge < -0.3 is 15.0 Å². The second-order valence-corrected chi connectivity index (χ2v) is 4.44. The minimum Gasteiger partial charge on any atom is -0.491 e. The summed E-state index contributed by atoms with van der Waals surface area (Å²) in [4.78, 5) is 7.43. The van der Waals surface area contributed by atoms with Gasteiger partial charge in [-0.05, 0) is 38.6 Å². The third-order valence-electron chi connectivity index (χ3n) is 2.64. The van der Waals surface area contributed by atoms with Crippen LogP contribution in [0.4, 0.5) is 0 Å². The van der Waals surface area contributed by atoms with Crippen molar-refractivity contribution in [1.29, 1.82) is 0 Å². The Balaban J connectivity index is 2.26. The first-order chi connectivity index (χ1) is 8.70. The van der Waals surface area contributed by atoms with Crippen molar-refractivity contribution in [2.75, 3.05) is 7.05 Å². The number of aromatic amines is 1. The van der Waals surface area contributed by atoms with E-state index in [0.29, 0.717) is 0 Å². The Morgan fingerprint density at radius 3 is 2.78 bits per heavy atom. The summed E-state index contributed by atoms with van der Waals surface area (Å²) in [5.41, 5.74) is 1.13. The van der Waals surface area contributed by atoms with E-state index in [1.807, 2.05) is 45.3 Å². The number of nitrogens with zero attached hydrogens (tertiary/aromatic N) is 1. The van der Waals surface area contributed by atoms with Gasteiger partial charge in [-0.1, -0.05) is 12.1 Å².